The number of azo groups is 1. The SMILES string of the molecule is O=C(c1ccccc1)C(N=Nc1ccccc1C(F)(F)F)c1ccccc1. The molecule has 0 aliphatic heterocycles. The number of nitrogens with zero attached hydrogens (tertiary/aromatic N) is 2. The number of hydrogen-bond donors (Lipinski definition) is 0. The average Bonchev–Trinajstić information content (AvgIpc) is 2.69. The predicted molar refractivity (Wildman–Crippen MR) is 95.9 cm³/mol. The zero-order chi connectivity index (χ0) is 19.3. The highest BCUT2D eigenvalue weighted by Crippen LogP contribution is 2.37. The predicted octanol–water partition coefficient (Wildman–Crippen LogP) is 6.41. The highest BCUT2D eigenvalue weighted by atomic mass is 19.4. The Bertz CT molecular complexity index is 938. The summed E-state index contributed by atoms with van der Waals surface area (Å²) in [5.41, 5.74) is -0.256. The van der Waals surface area contributed by atoms with Crippen molar-refractivity contribution in [2.24, 2.45) is 10.2 Å². The molecule has 27 heavy (non-hydrogen) atoms. The minimum Gasteiger partial charge on any atom is -0.291 e. The zero-order valence-electron chi connectivity index (χ0n) is 14.1. The van der Waals surface area contributed by atoms with Crippen LogP contribution in [0, 0.1) is 0 Å². The summed E-state index contributed by atoms with van der Waals surface area (Å²) in [5.74, 6) is -0.338. The number of Topliss-reactive ketones (excluding diaryl/α,β-unsaturated/α-hetero) is 1. The highest BCUT2D eigenvalue weighted by molar-refractivity contribution is 6.00. The van der Waals surface area contributed by atoms with Crippen LogP contribution in [0.25, 0.3) is 0 Å². The summed E-state index contributed by atoms with van der Waals surface area (Å²) < 4.78 is 39.5. The third kappa shape index (κ3) is 4.47. The fourth-order valence-electron chi connectivity index (χ4n) is 2.59. The first-order valence-electron chi connectivity index (χ1n) is 8.18. The van der Waals surface area contributed by atoms with Crippen molar-refractivity contribution in [3.63, 3.8) is 0 Å². The minimum absolute atomic E-state index is 0.327. The molecule has 0 amide bonds. The van der Waals surface area contributed by atoms with Crippen LogP contribution in [0.3, 0.4) is 0 Å². The molecule has 3 aromatic rings. The molecule has 0 aliphatic rings. The molecule has 0 aromatic heterocycles. The Morgan fingerprint density at radius 3 is 1.96 bits per heavy atom. The van der Waals surface area contributed by atoms with E-state index in [-0.39, 0.29) is 11.5 Å². The quantitative estimate of drug-likeness (QED) is 0.379. The summed E-state index contributed by atoms with van der Waals surface area (Å²) in [6, 6.07) is 21.0. The fourth-order valence-corrected chi connectivity index (χ4v) is 2.59. The van der Waals surface area contributed by atoms with Crippen molar-refractivity contribution < 1.29 is 18.0 Å². The van der Waals surface area contributed by atoms with Crippen molar-refractivity contribution >= 4 is 11.5 Å². The lowest BCUT2D eigenvalue weighted by atomic mass is 9.98. The standard InChI is InChI=1S/C21H15F3N2O/c22-21(23,24)17-13-7-8-14-18(17)25-26-19(15-9-3-1-4-10-15)20(27)16-11-5-2-6-12-16/h1-14,19H. The second kappa shape index (κ2) is 7.95. The summed E-state index contributed by atoms with van der Waals surface area (Å²) in [6.07, 6.45) is -4.55. The minimum atomic E-state index is -4.55. The van der Waals surface area contributed by atoms with Crippen LogP contribution in [-0.4, -0.2) is 5.78 Å². The molecule has 0 saturated heterocycles. The van der Waals surface area contributed by atoms with Gasteiger partial charge in [0, 0.05) is 5.56 Å². The van der Waals surface area contributed by atoms with E-state index in [2.05, 4.69) is 10.2 Å². The summed E-state index contributed by atoms with van der Waals surface area (Å²) in [7, 11) is 0. The van der Waals surface area contributed by atoms with Crippen LogP contribution in [0.2, 0.25) is 0 Å². The second-order valence-electron chi connectivity index (χ2n) is 5.77. The van der Waals surface area contributed by atoms with Gasteiger partial charge in [-0.1, -0.05) is 72.8 Å². The third-order valence-electron chi connectivity index (χ3n) is 3.91. The van der Waals surface area contributed by atoms with E-state index >= 15 is 0 Å². The Hall–Kier alpha value is -3.28. The van der Waals surface area contributed by atoms with Gasteiger partial charge in [-0.15, -0.1) is 0 Å². The number of halogens is 3. The van der Waals surface area contributed by atoms with Gasteiger partial charge in [0.15, 0.2) is 11.8 Å². The Kier molecular flexibility index (Phi) is 5.45. The Morgan fingerprint density at radius 2 is 1.33 bits per heavy atom. The first kappa shape index (κ1) is 18.5. The molecule has 6 heteroatoms. The number of alkyl halides is 3. The van der Waals surface area contributed by atoms with Gasteiger partial charge in [0.05, 0.1) is 11.3 Å². The van der Waals surface area contributed by atoms with Gasteiger partial charge in [-0.25, -0.2) is 0 Å². The number of carbonyl (C=O) groups excluding carboxylic acids is 1. The molecule has 1 unspecified atom stereocenters. The molecule has 0 spiro atoms. The Morgan fingerprint density at radius 1 is 0.778 bits per heavy atom. The lowest BCUT2D eigenvalue weighted by molar-refractivity contribution is -0.137. The summed E-state index contributed by atoms with van der Waals surface area (Å²) in [4.78, 5) is 12.9. The van der Waals surface area contributed by atoms with Crippen LogP contribution in [0.15, 0.2) is 95.2 Å². The molecule has 3 rings (SSSR count). The Balaban J connectivity index is 2.01. The average molecular weight is 368 g/mol. The van der Waals surface area contributed by atoms with Crippen LogP contribution in [0.5, 0.6) is 0 Å². The lowest BCUT2D eigenvalue weighted by Gasteiger charge is -2.12. The third-order valence-corrected chi connectivity index (χ3v) is 3.91. The van der Waals surface area contributed by atoms with Crippen molar-refractivity contribution in [3.8, 4) is 0 Å². The lowest BCUT2D eigenvalue weighted by Crippen LogP contribution is -2.10. The van der Waals surface area contributed by atoms with Crippen LogP contribution in [0.1, 0.15) is 27.5 Å². The highest BCUT2D eigenvalue weighted by Gasteiger charge is 2.33. The molecule has 0 N–H and O–H groups in total. The molecule has 0 radical (unpaired) electrons. The molecule has 0 bridgehead atoms. The zero-order valence-corrected chi connectivity index (χ0v) is 14.1. The van der Waals surface area contributed by atoms with Crippen molar-refractivity contribution in [1.29, 1.82) is 0 Å². The summed E-state index contributed by atoms with van der Waals surface area (Å²) >= 11 is 0. The van der Waals surface area contributed by atoms with Gasteiger partial charge in [-0.2, -0.15) is 23.4 Å². The topological polar surface area (TPSA) is 41.8 Å². The number of carbonyl (C=O) groups is 1. The van der Waals surface area contributed by atoms with Crippen molar-refractivity contribution in [3.05, 3.63) is 102 Å². The monoisotopic (exact) mass is 368 g/mol. The van der Waals surface area contributed by atoms with Crippen molar-refractivity contribution in [1.82, 2.24) is 0 Å². The van der Waals surface area contributed by atoms with E-state index in [1.165, 1.54) is 18.2 Å². The van der Waals surface area contributed by atoms with E-state index in [1.54, 1.807) is 60.7 Å². The van der Waals surface area contributed by atoms with Crippen LogP contribution >= 0.6 is 0 Å². The first-order chi connectivity index (χ1) is 13.0. The van der Waals surface area contributed by atoms with Gasteiger partial charge in [-0.3, -0.25) is 4.79 Å². The first-order valence-corrected chi connectivity index (χ1v) is 8.18. The maximum absolute atomic E-state index is 13.2. The fraction of sp³-hybridized carbons (Fsp3) is 0.0952. The normalized spacial score (nSPS) is 12.9. The molecular formula is C21H15F3N2O. The van der Waals surface area contributed by atoms with E-state index < -0.39 is 17.8 Å². The molecule has 0 aliphatic carbocycles. The number of hydrogen-bond acceptors (Lipinski definition) is 3. The molecule has 3 nitrogen and oxygen atoms in total. The van der Waals surface area contributed by atoms with E-state index in [4.69, 9.17) is 0 Å². The Labute approximate surface area is 154 Å². The van der Waals surface area contributed by atoms with E-state index in [0.717, 1.165) is 6.07 Å². The summed E-state index contributed by atoms with van der Waals surface area (Å²) in [5, 5.41) is 7.77. The second-order valence-corrected chi connectivity index (χ2v) is 5.77. The summed E-state index contributed by atoms with van der Waals surface area (Å²) in [6.45, 7) is 0. The van der Waals surface area contributed by atoms with Crippen LogP contribution in [0.4, 0.5) is 18.9 Å². The molecular weight excluding hydrogens is 353 g/mol. The molecule has 0 saturated carbocycles. The van der Waals surface area contributed by atoms with Gasteiger partial charge < -0.3 is 0 Å². The molecule has 136 valence electrons. The smallest absolute Gasteiger partial charge is 0.291 e. The molecule has 0 heterocycles. The van der Waals surface area contributed by atoms with Gasteiger partial charge in [0.2, 0.25) is 0 Å². The van der Waals surface area contributed by atoms with Gasteiger partial charge in [0.25, 0.3) is 0 Å². The molecule has 0 fully saturated rings. The number of ketones is 1. The van der Waals surface area contributed by atoms with E-state index in [1.807, 2.05) is 0 Å². The van der Waals surface area contributed by atoms with E-state index in [0.29, 0.717) is 11.1 Å². The van der Waals surface area contributed by atoms with E-state index in [9.17, 15) is 18.0 Å². The van der Waals surface area contributed by atoms with Crippen LogP contribution in [-0.2, 0) is 6.18 Å². The maximum Gasteiger partial charge on any atom is 0.418 e. The molecule has 3 aromatic carbocycles. The number of benzene rings is 3. The largest absolute Gasteiger partial charge is 0.418 e. The maximum atomic E-state index is 13.2. The van der Waals surface area contributed by atoms with Crippen molar-refractivity contribution in [2.45, 2.75) is 12.2 Å². The van der Waals surface area contributed by atoms with Crippen LogP contribution < -0.4 is 0 Å². The van der Waals surface area contributed by atoms with Crippen molar-refractivity contribution in [2.75, 3.05) is 0 Å². The van der Waals surface area contributed by atoms with Gasteiger partial charge >= 0.3 is 6.18 Å². The number of rotatable bonds is 5. The van der Waals surface area contributed by atoms with Gasteiger partial charge in [-0.05, 0) is 17.7 Å². The molecule has 1 atom stereocenters. The van der Waals surface area contributed by atoms with Gasteiger partial charge in [0.1, 0.15) is 0 Å².